The van der Waals surface area contributed by atoms with E-state index in [-0.39, 0.29) is 5.84 Å². The summed E-state index contributed by atoms with van der Waals surface area (Å²) in [6.07, 6.45) is 3.69. The summed E-state index contributed by atoms with van der Waals surface area (Å²) in [5, 5.41) is 2.69. The van der Waals surface area contributed by atoms with Crippen LogP contribution in [0, 0.1) is 17.5 Å². The van der Waals surface area contributed by atoms with E-state index in [2.05, 4.69) is 10.3 Å². The second-order valence-corrected chi connectivity index (χ2v) is 6.01. The first-order valence-electron chi connectivity index (χ1n) is 7.94. The number of hydrogen-bond donors (Lipinski definition) is 2. The van der Waals surface area contributed by atoms with Gasteiger partial charge in [0.15, 0.2) is 11.6 Å². The van der Waals surface area contributed by atoms with E-state index >= 15 is 0 Å². The third-order valence-corrected chi connectivity index (χ3v) is 4.20. The van der Waals surface area contributed by atoms with Crippen molar-refractivity contribution in [1.82, 2.24) is 0 Å². The minimum atomic E-state index is -0.985. The summed E-state index contributed by atoms with van der Waals surface area (Å²) in [6, 6.07) is 9.42. The number of anilines is 1. The number of rotatable bonds is 5. The predicted octanol–water partition coefficient (Wildman–Crippen LogP) is 3.65. The van der Waals surface area contributed by atoms with E-state index in [1.54, 1.807) is 18.2 Å². The lowest BCUT2D eigenvalue weighted by Gasteiger charge is -2.12. The van der Waals surface area contributed by atoms with Crippen molar-refractivity contribution in [1.29, 1.82) is 0 Å². The fourth-order valence-electron chi connectivity index (χ4n) is 2.64. The van der Waals surface area contributed by atoms with E-state index in [1.165, 1.54) is 24.4 Å². The zero-order chi connectivity index (χ0) is 18.7. The van der Waals surface area contributed by atoms with Gasteiger partial charge in [-0.3, -0.25) is 4.79 Å². The van der Waals surface area contributed by atoms with E-state index < -0.39 is 28.8 Å². The van der Waals surface area contributed by atoms with Gasteiger partial charge in [-0.25, -0.2) is 13.2 Å². The molecule has 1 aliphatic carbocycles. The van der Waals surface area contributed by atoms with Gasteiger partial charge in [-0.2, -0.15) is 4.99 Å². The summed E-state index contributed by atoms with van der Waals surface area (Å²) >= 11 is 0. The average Bonchev–Trinajstić information content (AvgIpc) is 3.40. The highest BCUT2D eigenvalue weighted by atomic mass is 19.2. The smallest absolute Gasteiger partial charge is 0.258 e. The number of benzene rings is 2. The van der Waals surface area contributed by atoms with Crippen molar-refractivity contribution in [2.75, 3.05) is 5.32 Å². The molecule has 0 spiro atoms. The number of halogens is 3. The summed E-state index contributed by atoms with van der Waals surface area (Å²) in [5.74, 6) is -2.96. The quantitative estimate of drug-likeness (QED) is 0.633. The molecule has 134 valence electrons. The Morgan fingerprint density at radius 3 is 2.46 bits per heavy atom. The fourth-order valence-corrected chi connectivity index (χ4v) is 2.64. The van der Waals surface area contributed by atoms with Crippen LogP contribution in [0.4, 0.5) is 18.9 Å². The highest BCUT2D eigenvalue weighted by Crippen LogP contribution is 2.50. The molecule has 0 aliphatic heterocycles. The van der Waals surface area contributed by atoms with Crippen LogP contribution in [-0.2, 0) is 10.2 Å². The molecule has 1 amide bonds. The van der Waals surface area contributed by atoms with Crippen LogP contribution in [0.5, 0.6) is 0 Å². The largest absolute Gasteiger partial charge is 0.384 e. The maximum atomic E-state index is 14.0. The number of carbonyl (C=O) groups excluding carboxylic acids is 1. The second-order valence-electron chi connectivity index (χ2n) is 6.01. The van der Waals surface area contributed by atoms with Crippen molar-refractivity contribution < 1.29 is 18.0 Å². The molecule has 7 heteroatoms. The van der Waals surface area contributed by atoms with E-state index in [1.807, 2.05) is 0 Å². The zero-order valence-corrected chi connectivity index (χ0v) is 13.7. The van der Waals surface area contributed by atoms with E-state index in [4.69, 9.17) is 5.73 Å². The molecule has 0 unspecified atom stereocenters. The highest BCUT2D eigenvalue weighted by molar-refractivity contribution is 6.04. The number of nitrogens with two attached hydrogens (primary N) is 1. The van der Waals surface area contributed by atoms with E-state index in [9.17, 15) is 18.0 Å². The third-order valence-electron chi connectivity index (χ3n) is 4.20. The molecule has 2 aromatic rings. The number of aliphatic imine (C=N–C) groups is 1. The molecule has 0 bridgehead atoms. The summed E-state index contributed by atoms with van der Waals surface area (Å²) in [7, 11) is 0. The monoisotopic (exact) mass is 359 g/mol. The number of hydrogen-bond acceptors (Lipinski definition) is 2. The lowest BCUT2D eigenvalue weighted by atomic mass is 9.94. The standard InChI is InChI=1S/C19H16F3N3O/c20-14-4-2-1-3-13(14)19(8-9-19)18(26)25-17(23)7-10-24-12-5-6-15(21)16(22)11-12/h1-7,10-11,24H,8-9H2,(H2,23,25,26)/b10-7-. The van der Waals surface area contributed by atoms with Crippen LogP contribution in [0.25, 0.3) is 0 Å². The fraction of sp³-hybridized carbons (Fsp3) is 0.158. The molecule has 0 saturated heterocycles. The van der Waals surface area contributed by atoms with Crippen LogP contribution in [0.15, 0.2) is 59.7 Å². The van der Waals surface area contributed by atoms with Crippen LogP contribution in [0.2, 0.25) is 0 Å². The van der Waals surface area contributed by atoms with E-state index in [0.29, 0.717) is 24.1 Å². The molecular formula is C19H16F3N3O. The summed E-state index contributed by atoms with van der Waals surface area (Å²) in [5.41, 5.74) is 5.39. The summed E-state index contributed by atoms with van der Waals surface area (Å²) < 4.78 is 39.9. The minimum absolute atomic E-state index is 0.0762. The molecule has 26 heavy (non-hydrogen) atoms. The normalized spacial score (nSPS) is 15.9. The van der Waals surface area contributed by atoms with Crippen LogP contribution < -0.4 is 11.1 Å². The third kappa shape index (κ3) is 3.61. The highest BCUT2D eigenvalue weighted by Gasteiger charge is 2.52. The average molecular weight is 359 g/mol. The Balaban J connectivity index is 1.68. The van der Waals surface area contributed by atoms with Gasteiger partial charge in [0, 0.05) is 23.5 Å². The van der Waals surface area contributed by atoms with Gasteiger partial charge < -0.3 is 11.1 Å². The predicted molar refractivity (Wildman–Crippen MR) is 93.1 cm³/mol. The SMILES string of the molecule is NC(/C=C\Nc1ccc(F)c(F)c1)=NC(=O)C1(c2ccccc2F)CC1. The Bertz CT molecular complexity index is 905. The van der Waals surface area contributed by atoms with Crippen LogP contribution >= 0.6 is 0 Å². The Labute approximate surface area is 148 Å². The van der Waals surface area contributed by atoms with E-state index in [0.717, 1.165) is 12.1 Å². The van der Waals surface area contributed by atoms with Gasteiger partial charge in [0.1, 0.15) is 11.7 Å². The number of amides is 1. The maximum absolute atomic E-state index is 14.0. The Morgan fingerprint density at radius 2 is 1.81 bits per heavy atom. The van der Waals surface area contributed by atoms with Gasteiger partial charge >= 0.3 is 0 Å². The number of nitrogens with one attached hydrogen (secondary N) is 1. The lowest BCUT2D eigenvalue weighted by molar-refractivity contribution is -0.120. The molecule has 0 atom stereocenters. The van der Waals surface area contributed by atoms with Gasteiger partial charge in [-0.15, -0.1) is 0 Å². The Kier molecular flexibility index (Phi) is 4.79. The van der Waals surface area contributed by atoms with Gasteiger partial charge in [0.2, 0.25) is 0 Å². The molecule has 3 N–H and O–H groups in total. The topological polar surface area (TPSA) is 67.5 Å². The number of amidine groups is 1. The summed E-state index contributed by atoms with van der Waals surface area (Å²) in [4.78, 5) is 16.2. The van der Waals surface area contributed by atoms with Crippen LogP contribution in [-0.4, -0.2) is 11.7 Å². The Hall–Kier alpha value is -3.09. The summed E-state index contributed by atoms with van der Waals surface area (Å²) in [6.45, 7) is 0. The van der Waals surface area contributed by atoms with Crippen molar-refractivity contribution in [2.45, 2.75) is 18.3 Å². The molecular weight excluding hydrogens is 343 g/mol. The van der Waals surface area contributed by atoms with Gasteiger partial charge in [0.05, 0.1) is 5.41 Å². The molecule has 1 aliphatic rings. The van der Waals surface area contributed by atoms with Crippen molar-refractivity contribution >= 4 is 17.4 Å². The minimum Gasteiger partial charge on any atom is -0.384 e. The molecule has 1 saturated carbocycles. The molecule has 0 heterocycles. The van der Waals surface area contributed by atoms with Crippen LogP contribution in [0.1, 0.15) is 18.4 Å². The first-order chi connectivity index (χ1) is 12.4. The maximum Gasteiger partial charge on any atom is 0.258 e. The Morgan fingerprint density at radius 1 is 1.08 bits per heavy atom. The first-order valence-corrected chi connectivity index (χ1v) is 7.94. The lowest BCUT2D eigenvalue weighted by Crippen LogP contribution is -2.23. The molecule has 4 nitrogen and oxygen atoms in total. The molecule has 2 aromatic carbocycles. The molecule has 3 rings (SSSR count). The molecule has 1 fully saturated rings. The van der Waals surface area contributed by atoms with Crippen molar-refractivity contribution in [3.63, 3.8) is 0 Å². The van der Waals surface area contributed by atoms with Gasteiger partial charge in [-0.05, 0) is 37.1 Å². The zero-order valence-electron chi connectivity index (χ0n) is 13.7. The molecule has 0 aromatic heterocycles. The van der Waals surface area contributed by atoms with Gasteiger partial charge in [0.25, 0.3) is 5.91 Å². The van der Waals surface area contributed by atoms with Gasteiger partial charge in [-0.1, -0.05) is 18.2 Å². The van der Waals surface area contributed by atoms with Crippen molar-refractivity contribution in [3.8, 4) is 0 Å². The number of nitrogens with zero attached hydrogens (tertiary/aromatic N) is 1. The van der Waals surface area contributed by atoms with Crippen LogP contribution in [0.3, 0.4) is 0 Å². The number of carbonyl (C=O) groups is 1. The molecule has 0 radical (unpaired) electrons. The van der Waals surface area contributed by atoms with Crippen molar-refractivity contribution in [2.24, 2.45) is 10.7 Å². The first kappa shape index (κ1) is 17.7. The van der Waals surface area contributed by atoms with Crippen molar-refractivity contribution in [3.05, 3.63) is 77.8 Å². The second kappa shape index (κ2) is 7.03.